The van der Waals surface area contributed by atoms with E-state index >= 15 is 0 Å². The van der Waals surface area contributed by atoms with E-state index in [1.54, 1.807) is 0 Å². The molecular weight excluding hydrogens is 344 g/mol. The SMILES string of the molecule is CCNC(=NCC(O)COCC1CC1)NC1CCCC(C(=O)NC(C)C)C1. The normalized spacial score (nSPS) is 24.6. The predicted molar refractivity (Wildman–Crippen MR) is 108 cm³/mol. The lowest BCUT2D eigenvalue weighted by Crippen LogP contribution is -2.47. The van der Waals surface area contributed by atoms with E-state index in [4.69, 9.17) is 4.74 Å². The zero-order valence-corrected chi connectivity index (χ0v) is 17.2. The van der Waals surface area contributed by atoms with Gasteiger partial charge in [-0.15, -0.1) is 0 Å². The third-order valence-corrected chi connectivity index (χ3v) is 4.98. The van der Waals surface area contributed by atoms with Crippen LogP contribution >= 0.6 is 0 Å². The van der Waals surface area contributed by atoms with Crippen LogP contribution in [0.1, 0.15) is 59.3 Å². The zero-order chi connectivity index (χ0) is 19.6. The number of nitrogens with zero attached hydrogens (tertiary/aromatic N) is 1. The highest BCUT2D eigenvalue weighted by Crippen LogP contribution is 2.28. The van der Waals surface area contributed by atoms with Gasteiger partial charge in [-0.3, -0.25) is 9.79 Å². The summed E-state index contributed by atoms with van der Waals surface area (Å²) in [5, 5.41) is 19.8. The minimum atomic E-state index is -0.588. The number of guanidine groups is 1. The van der Waals surface area contributed by atoms with Crippen molar-refractivity contribution in [3.63, 3.8) is 0 Å². The summed E-state index contributed by atoms with van der Waals surface area (Å²) in [5.74, 6) is 1.62. The molecule has 2 saturated carbocycles. The summed E-state index contributed by atoms with van der Waals surface area (Å²) in [4.78, 5) is 16.8. The van der Waals surface area contributed by atoms with Gasteiger partial charge >= 0.3 is 0 Å². The highest BCUT2D eigenvalue weighted by molar-refractivity contribution is 5.81. The molecule has 27 heavy (non-hydrogen) atoms. The van der Waals surface area contributed by atoms with Crippen LogP contribution in [-0.2, 0) is 9.53 Å². The summed E-state index contributed by atoms with van der Waals surface area (Å²) < 4.78 is 5.53. The van der Waals surface area contributed by atoms with Crippen LogP contribution in [-0.4, -0.2) is 61.5 Å². The predicted octanol–water partition coefficient (Wildman–Crippen LogP) is 1.41. The van der Waals surface area contributed by atoms with Crippen LogP contribution in [0.15, 0.2) is 4.99 Å². The van der Waals surface area contributed by atoms with E-state index in [0.29, 0.717) is 25.0 Å². The molecule has 7 nitrogen and oxygen atoms in total. The minimum absolute atomic E-state index is 0.0583. The van der Waals surface area contributed by atoms with Crippen LogP contribution in [0.3, 0.4) is 0 Å². The standard InChI is InChI=1S/C20H38N4O3/c1-4-21-20(22-11-18(25)13-27-12-15-8-9-15)24-17-7-5-6-16(10-17)19(26)23-14(2)3/h14-18,25H,4-13H2,1-3H3,(H,23,26)(H2,21,22,24). The number of ether oxygens (including phenoxy) is 1. The Hall–Kier alpha value is -1.34. The summed E-state index contributed by atoms with van der Waals surface area (Å²) in [5.41, 5.74) is 0. The average molecular weight is 383 g/mol. The first-order chi connectivity index (χ1) is 13.0. The fourth-order valence-electron chi connectivity index (χ4n) is 3.38. The van der Waals surface area contributed by atoms with Crippen molar-refractivity contribution in [3.05, 3.63) is 0 Å². The largest absolute Gasteiger partial charge is 0.389 e. The third-order valence-electron chi connectivity index (χ3n) is 4.98. The highest BCUT2D eigenvalue weighted by Gasteiger charge is 2.28. The van der Waals surface area contributed by atoms with Crippen molar-refractivity contribution >= 4 is 11.9 Å². The van der Waals surface area contributed by atoms with Gasteiger partial charge in [-0.05, 0) is 58.8 Å². The first kappa shape index (κ1) is 22.0. The molecular formula is C20H38N4O3. The molecule has 2 aliphatic carbocycles. The lowest BCUT2D eigenvalue weighted by atomic mass is 9.85. The number of aliphatic imine (C=N–C) groups is 1. The second-order valence-electron chi connectivity index (χ2n) is 8.22. The Bertz CT molecular complexity index is 480. The zero-order valence-electron chi connectivity index (χ0n) is 17.2. The maximum Gasteiger partial charge on any atom is 0.223 e. The molecule has 2 aliphatic rings. The summed E-state index contributed by atoms with van der Waals surface area (Å²) >= 11 is 0. The Labute approximate surface area is 163 Å². The molecule has 0 aromatic carbocycles. The quantitative estimate of drug-likeness (QED) is 0.339. The van der Waals surface area contributed by atoms with Gasteiger partial charge in [-0.25, -0.2) is 0 Å². The van der Waals surface area contributed by atoms with Crippen LogP contribution in [0.5, 0.6) is 0 Å². The molecule has 2 fully saturated rings. The number of hydrogen-bond acceptors (Lipinski definition) is 4. The van der Waals surface area contributed by atoms with Crippen molar-refractivity contribution in [2.45, 2.75) is 77.5 Å². The Morgan fingerprint density at radius 3 is 2.70 bits per heavy atom. The number of aliphatic hydroxyl groups excluding tert-OH is 1. The monoisotopic (exact) mass is 382 g/mol. The van der Waals surface area contributed by atoms with Gasteiger partial charge in [0.1, 0.15) is 0 Å². The number of rotatable bonds is 10. The van der Waals surface area contributed by atoms with Crippen LogP contribution in [0, 0.1) is 11.8 Å². The second kappa shape index (κ2) is 11.5. The summed E-state index contributed by atoms with van der Waals surface area (Å²) in [6.45, 7) is 8.15. The molecule has 2 rings (SSSR count). The van der Waals surface area contributed by atoms with Crippen molar-refractivity contribution in [1.82, 2.24) is 16.0 Å². The first-order valence-electron chi connectivity index (χ1n) is 10.6. The van der Waals surface area contributed by atoms with Crippen LogP contribution in [0.4, 0.5) is 0 Å². The Balaban J connectivity index is 1.77. The number of carbonyl (C=O) groups excluding carboxylic acids is 1. The van der Waals surface area contributed by atoms with E-state index in [9.17, 15) is 9.90 Å². The molecule has 3 atom stereocenters. The van der Waals surface area contributed by atoms with E-state index in [2.05, 4.69) is 20.9 Å². The van der Waals surface area contributed by atoms with E-state index in [-0.39, 0.29) is 23.9 Å². The van der Waals surface area contributed by atoms with Crippen LogP contribution in [0.2, 0.25) is 0 Å². The van der Waals surface area contributed by atoms with Crippen molar-refractivity contribution in [2.24, 2.45) is 16.8 Å². The van der Waals surface area contributed by atoms with E-state index in [0.717, 1.165) is 38.8 Å². The molecule has 0 heterocycles. The van der Waals surface area contributed by atoms with E-state index in [1.807, 2.05) is 20.8 Å². The molecule has 156 valence electrons. The fourth-order valence-corrected chi connectivity index (χ4v) is 3.38. The Morgan fingerprint density at radius 1 is 1.26 bits per heavy atom. The molecule has 0 spiro atoms. The van der Waals surface area contributed by atoms with Crippen molar-refractivity contribution in [3.8, 4) is 0 Å². The minimum Gasteiger partial charge on any atom is -0.389 e. The third kappa shape index (κ3) is 8.93. The number of nitrogens with one attached hydrogen (secondary N) is 3. The number of amides is 1. The van der Waals surface area contributed by atoms with Gasteiger partial charge in [-0.1, -0.05) is 6.42 Å². The lowest BCUT2D eigenvalue weighted by Gasteiger charge is -2.30. The smallest absolute Gasteiger partial charge is 0.223 e. The molecule has 0 bridgehead atoms. The highest BCUT2D eigenvalue weighted by atomic mass is 16.5. The van der Waals surface area contributed by atoms with Gasteiger partial charge in [0.05, 0.1) is 19.3 Å². The summed E-state index contributed by atoms with van der Waals surface area (Å²) in [6, 6.07) is 0.399. The van der Waals surface area contributed by atoms with Crippen molar-refractivity contribution in [2.75, 3.05) is 26.3 Å². The van der Waals surface area contributed by atoms with Gasteiger partial charge in [0.2, 0.25) is 5.91 Å². The lowest BCUT2D eigenvalue weighted by molar-refractivity contribution is -0.126. The van der Waals surface area contributed by atoms with Crippen LogP contribution < -0.4 is 16.0 Å². The maximum absolute atomic E-state index is 12.3. The molecule has 0 aromatic rings. The van der Waals surface area contributed by atoms with Gasteiger partial charge in [0.25, 0.3) is 0 Å². The number of aliphatic hydroxyl groups is 1. The van der Waals surface area contributed by atoms with Crippen molar-refractivity contribution < 1.29 is 14.6 Å². The van der Waals surface area contributed by atoms with Gasteiger partial charge in [0.15, 0.2) is 5.96 Å². The molecule has 0 saturated heterocycles. The maximum atomic E-state index is 12.3. The Kier molecular flexibility index (Phi) is 9.34. The van der Waals surface area contributed by atoms with Gasteiger partial charge in [0, 0.05) is 31.2 Å². The topological polar surface area (TPSA) is 95.0 Å². The summed E-state index contributed by atoms with van der Waals surface area (Å²) in [6.07, 6.45) is 5.74. The van der Waals surface area contributed by atoms with Crippen molar-refractivity contribution in [1.29, 1.82) is 0 Å². The molecule has 0 aliphatic heterocycles. The fraction of sp³-hybridized carbons (Fsp3) is 0.900. The number of hydrogen-bond donors (Lipinski definition) is 4. The number of carbonyl (C=O) groups is 1. The van der Waals surface area contributed by atoms with Gasteiger partial charge in [-0.2, -0.15) is 0 Å². The van der Waals surface area contributed by atoms with E-state index in [1.165, 1.54) is 12.8 Å². The average Bonchev–Trinajstić information content (AvgIpc) is 3.44. The molecule has 0 radical (unpaired) electrons. The molecule has 0 aromatic heterocycles. The molecule has 7 heteroatoms. The molecule has 4 N–H and O–H groups in total. The Morgan fingerprint density at radius 2 is 2.04 bits per heavy atom. The van der Waals surface area contributed by atoms with Crippen LogP contribution in [0.25, 0.3) is 0 Å². The second-order valence-corrected chi connectivity index (χ2v) is 8.22. The van der Waals surface area contributed by atoms with Gasteiger partial charge < -0.3 is 25.8 Å². The first-order valence-corrected chi connectivity index (χ1v) is 10.6. The molecule has 3 unspecified atom stereocenters. The molecule has 1 amide bonds. The van der Waals surface area contributed by atoms with E-state index < -0.39 is 6.10 Å². The summed E-state index contributed by atoms with van der Waals surface area (Å²) in [7, 11) is 0.